The van der Waals surface area contributed by atoms with Crippen molar-refractivity contribution in [3.63, 3.8) is 0 Å². The Morgan fingerprint density at radius 1 is 0.733 bits per heavy atom. The van der Waals surface area contributed by atoms with Gasteiger partial charge in [-0.25, -0.2) is 0 Å². The summed E-state index contributed by atoms with van der Waals surface area (Å²) in [7, 11) is 0. The van der Waals surface area contributed by atoms with Gasteiger partial charge in [-0.05, 0) is 57.9 Å². The molecule has 0 atom stereocenters. The molecule has 0 aliphatic heterocycles. The van der Waals surface area contributed by atoms with E-state index >= 15 is 0 Å². The number of hydrogen-bond acceptors (Lipinski definition) is 0. The molecule has 0 aliphatic rings. The molecule has 2 aromatic carbocycles. The first-order valence-corrected chi connectivity index (χ1v) is 10.7. The maximum Gasteiger partial charge on any atom is 0.416 e. The van der Waals surface area contributed by atoms with Crippen molar-refractivity contribution >= 4 is 31.9 Å². The highest BCUT2D eigenvalue weighted by Gasteiger charge is 2.41. The summed E-state index contributed by atoms with van der Waals surface area (Å²) in [5.41, 5.74) is -2.70. The maximum absolute atomic E-state index is 13.8. The van der Waals surface area contributed by atoms with Crippen molar-refractivity contribution in [2.45, 2.75) is 58.3 Å². The minimum Gasteiger partial charge on any atom is -0.166 e. The fourth-order valence-electron chi connectivity index (χ4n) is 2.93. The first kappa shape index (κ1) is 25.2. The van der Waals surface area contributed by atoms with Crippen LogP contribution in [0.1, 0.15) is 73.9 Å². The van der Waals surface area contributed by atoms with Crippen molar-refractivity contribution in [2.75, 3.05) is 0 Å². The predicted molar refractivity (Wildman–Crippen MR) is 114 cm³/mol. The highest BCUT2D eigenvalue weighted by atomic mass is 79.9. The summed E-state index contributed by atoms with van der Waals surface area (Å²) in [5.74, 6) is -0.495. The second-order valence-corrected chi connectivity index (χ2v) is 10.1. The lowest BCUT2D eigenvalue weighted by atomic mass is 9.85. The first-order valence-electron chi connectivity index (χ1n) is 9.09. The topological polar surface area (TPSA) is 0 Å². The Balaban J connectivity index is 2.79. The van der Waals surface area contributed by atoms with E-state index < -0.39 is 35.0 Å². The van der Waals surface area contributed by atoms with Crippen LogP contribution in [0.2, 0.25) is 0 Å². The van der Waals surface area contributed by atoms with Crippen molar-refractivity contribution < 1.29 is 26.3 Å². The minimum atomic E-state index is -4.94. The highest BCUT2D eigenvalue weighted by molar-refractivity contribution is 9.11. The smallest absolute Gasteiger partial charge is 0.166 e. The predicted octanol–water partition coefficient (Wildman–Crippen LogP) is 9.27. The van der Waals surface area contributed by atoms with Gasteiger partial charge >= 0.3 is 12.4 Å². The van der Waals surface area contributed by atoms with E-state index in [1.54, 1.807) is 26.0 Å². The Labute approximate surface area is 189 Å². The summed E-state index contributed by atoms with van der Waals surface area (Å²) in [4.78, 5) is 0. The Bertz CT molecular complexity index is 876. The fraction of sp³-hybridized carbons (Fsp3) is 0.409. The van der Waals surface area contributed by atoms with Crippen LogP contribution in [0, 0.1) is 6.42 Å². The minimum absolute atomic E-state index is 0.0204. The van der Waals surface area contributed by atoms with Gasteiger partial charge in [-0.2, -0.15) is 26.3 Å². The molecule has 0 N–H and O–H groups in total. The number of hydrogen-bond donors (Lipinski definition) is 0. The first-order chi connectivity index (χ1) is 13.4. The Kier molecular flexibility index (Phi) is 7.14. The number of halogens is 8. The van der Waals surface area contributed by atoms with Gasteiger partial charge in [0.15, 0.2) is 0 Å². The Morgan fingerprint density at radius 3 is 1.43 bits per heavy atom. The molecule has 165 valence electrons. The van der Waals surface area contributed by atoms with Crippen molar-refractivity contribution in [1.82, 2.24) is 0 Å². The van der Waals surface area contributed by atoms with Crippen molar-refractivity contribution in [1.29, 1.82) is 0 Å². The largest absolute Gasteiger partial charge is 0.416 e. The number of rotatable bonds is 3. The van der Waals surface area contributed by atoms with Crippen molar-refractivity contribution in [2.24, 2.45) is 0 Å². The second kappa shape index (κ2) is 8.49. The van der Waals surface area contributed by atoms with E-state index in [9.17, 15) is 26.3 Å². The van der Waals surface area contributed by atoms with Crippen molar-refractivity contribution in [3.05, 3.63) is 73.0 Å². The van der Waals surface area contributed by atoms with Gasteiger partial charge in [-0.1, -0.05) is 66.5 Å². The molecular weight excluding hydrogens is 538 g/mol. The fourth-order valence-corrected chi connectivity index (χ4v) is 4.35. The summed E-state index contributed by atoms with van der Waals surface area (Å²) >= 11 is 6.62. The van der Waals surface area contributed by atoms with Crippen LogP contribution in [0.25, 0.3) is 0 Å². The molecule has 0 amide bonds. The van der Waals surface area contributed by atoms with Crippen LogP contribution in [-0.4, -0.2) is 0 Å². The van der Waals surface area contributed by atoms with Crippen LogP contribution < -0.4 is 0 Å². The molecule has 0 fully saturated rings. The molecule has 2 aromatic rings. The molecule has 30 heavy (non-hydrogen) atoms. The quantitative estimate of drug-likeness (QED) is 0.329. The van der Waals surface area contributed by atoms with Crippen LogP contribution in [0.3, 0.4) is 0 Å². The standard InChI is InChI=1S/C22H21Br2F6/c1-11(2)12-6-16(21(25,26)27)14(17(7-12)22(28,29)30)10-15-18(23)8-13(9-19(15)24)20(3,4)5/h6-11H,1-5H3. The van der Waals surface area contributed by atoms with E-state index in [4.69, 9.17) is 0 Å². The average Bonchev–Trinajstić information content (AvgIpc) is 2.54. The van der Waals surface area contributed by atoms with Gasteiger partial charge in [0.25, 0.3) is 0 Å². The van der Waals surface area contributed by atoms with Gasteiger partial charge in [0.05, 0.1) is 11.1 Å². The summed E-state index contributed by atoms with van der Waals surface area (Å²) in [6.07, 6.45) is -8.95. The molecule has 8 heteroatoms. The van der Waals surface area contributed by atoms with Crippen molar-refractivity contribution in [3.8, 4) is 0 Å². The second-order valence-electron chi connectivity index (χ2n) is 8.43. The Morgan fingerprint density at radius 2 is 1.13 bits per heavy atom. The molecular formula is C22H21Br2F6. The van der Waals surface area contributed by atoms with Crippen LogP contribution in [0.4, 0.5) is 26.3 Å². The van der Waals surface area contributed by atoms with E-state index in [1.165, 1.54) is 0 Å². The zero-order valence-corrected chi connectivity index (χ0v) is 20.2. The third-order valence-electron chi connectivity index (χ3n) is 4.71. The molecule has 0 spiro atoms. The summed E-state index contributed by atoms with van der Waals surface area (Å²) in [6, 6.07) is 5.02. The number of alkyl halides is 6. The highest BCUT2D eigenvalue weighted by Crippen LogP contribution is 2.44. The van der Waals surface area contributed by atoms with Gasteiger partial charge in [0.2, 0.25) is 0 Å². The van der Waals surface area contributed by atoms with E-state index in [0.29, 0.717) is 8.95 Å². The van der Waals surface area contributed by atoms with E-state index in [-0.39, 0.29) is 16.5 Å². The van der Waals surface area contributed by atoms with E-state index in [2.05, 4.69) is 31.9 Å². The van der Waals surface area contributed by atoms with Gasteiger partial charge < -0.3 is 0 Å². The van der Waals surface area contributed by atoms with E-state index in [0.717, 1.165) is 24.1 Å². The molecule has 0 saturated carbocycles. The van der Waals surface area contributed by atoms with Crippen LogP contribution >= 0.6 is 31.9 Å². The molecule has 0 unspecified atom stereocenters. The van der Waals surface area contributed by atoms with Gasteiger partial charge in [-0.15, -0.1) is 0 Å². The lowest BCUT2D eigenvalue weighted by Gasteiger charge is -2.24. The Hall–Kier alpha value is -1.02. The summed E-state index contributed by atoms with van der Waals surface area (Å²) in [6.45, 7) is 8.98. The van der Waals surface area contributed by atoms with Crippen LogP contribution in [0.15, 0.2) is 33.2 Å². The maximum atomic E-state index is 13.8. The molecule has 0 saturated heterocycles. The van der Waals surface area contributed by atoms with E-state index in [1.807, 2.05) is 20.8 Å². The summed E-state index contributed by atoms with van der Waals surface area (Å²) in [5, 5.41) is 0. The van der Waals surface area contributed by atoms with Crippen LogP contribution in [-0.2, 0) is 17.8 Å². The average molecular weight is 559 g/mol. The molecule has 0 nitrogen and oxygen atoms in total. The lowest BCUT2D eigenvalue weighted by molar-refractivity contribution is -0.143. The summed E-state index contributed by atoms with van der Waals surface area (Å²) < 4.78 is 83.4. The normalized spacial score (nSPS) is 13.3. The monoisotopic (exact) mass is 557 g/mol. The van der Waals surface area contributed by atoms with Gasteiger partial charge in [0, 0.05) is 15.4 Å². The molecule has 0 aromatic heterocycles. The number of benzene rings is 2. The molecule has 2 rings (SSSR count). The SMILES string of the molecule is CC(C)c1cc(C(F)(F)F)c([CH]c2c(Br)cc(C(C)(C)C)cc2Br)c(C(F)(F)F)c1. The lowest BCUT2D eigenvalue weighted by Crippen LogP contribution is -2.18. The molecule has 0 bridgehead atoms. The zero-order valence-electron chi connectivity index (χ0n) is 17.0. The van der Waals surface area contributed by atoms with Gasteiger partial charge in [0.1, 0.15) is 0 Å². The third-order valence-corrected chi connectivity index (χ3v) is 6.03. The molecule has 0 heterocycles. The van der Waals surface area contributed by atoms with Gasteiger partial charge in [-0.3, -0.25) is 0 Å². The molecule has 0 aliphatic carbocycles. The zero-order chi connectivity index (χ0) is 23.2. The molecule has 1 radical (unpaired) electrons. The third kappa shape index (κ3) is 5.61. The van der Waals surface area contributed by atoms with Crippen LogP contribution in [0.5, 0.6) is 0 Å².